The van der Waals surface area contributed by atoms with Gasteiger partial charge in [-0.1, -0.05) is 0 Å². The molecule has 2 N–H and O–H groups in total. The lowest BCUT2D eigenvalue weighted by atomic mass is 9.61. The van der Waals surface area contributed by atoms with Crippen molar-refractivity contribution in [3.05, 3.63) is 45.6 Å². The van der Waals surface area contributed by atoms with Gasteiger partial charge in [0.05, 0.1) is 21.6 Å². The highest BCUT2D eigenvalue weighted by Gasteiger charge is 2.48. The normalized spacial score (nSPS) is 18.1. The number of carbonyl (C=O) groups excluding carboxylic acids is 1. The highest BCUT2D eigenvalue weighted by atomic mass is 32.1. The number of benzene rings is 1. The molecule has 2 aliphatic rings. The third kappa shape index (κ3) is 2.99. The van der Waals surface area contributed by atoms with Crippen LogP contribution in [0.3, 0.4) is 0 Å². The van der Waals surface area contributed by atoms with Crippen LogP contribution < -0.4 is 15.4 Å². The van der Waals surface area contributed by atoms with E-state index in [0.29, 0.717) is 28.9 Å². The van der Waals surface area contributed by atoms with E-state index in [4.69, 9.17) is 9.15 Å². The van der Waals surface area contributed by atoms with E-state index in [2.05, 4.69) is 15.6 Å². The Morgan fingerprint density at radius 2 is 2.21 bits per heavy atom. The van der Waals surface area contributed by atoms with Crippen LogP contribution in [-0.4, -0.2) is 30.0 Å². The van der Waals surface area contributed by atoms with Crippen LogP contribution in [0, 0.1) is 19.3 Å². The summed E-state index contributed by atoms with van der Waals surface area (Å²) < 4.78 is 11.8. The molecule has 1 saturated heterocycles. The van der Waals surface area contributed by atoms with Gasteiger partial charge < -0.3 is 19.8 Å². The van der Waals surface area contributed by atoms with Crippen molar-refractivity contribution in [1.29, 1.82) is 0 Å². The fourth-order valence-electron chi connectivity index (χ4n) is 4.30. The molecule has 1 aliphatic carbocycles. The zero-order valence-corrected chi connectivity index (χ0v) is 16.8. The van der Waals surface area contributed by atoms with E-state index in [9.17, 15) is 4.79 Å². The molecule has 1 spiro atoms. The summed E-state index contributed by atoms with van der Waals surface area (Å²) in [4.78, 5) is 18.3. The summed E-state index contributed by atoms with van der Waals surface area (Å²) in [5.41, 5.74) is 4.56. The molecule has 3 heterocycles. The fourth-order valence-corrected chi connectivity index (χ4v) is 4.99. The molecule has 0 unspecified atom stereocenters. The monoisotopic (exact) mass is 397 g/mol. The summed E-state index contributed by atoms with van der Waals surface area (Å²) in [6, 6.07) is 5.90. The second-order valence-electron chi connectivity index (χ2n) is 8.02. The number of furan rings is 1. The minimum atomic E-state index is -0.0566. The standard InChI is InChI=1S/C21H23N3O3S/c1-12-18(28-11-23-12)8-26-15-3-4-17-16(5-15)19(13(2)27-17)20(25)24-14-6-21(7-14)9-22-10-21/h3-5,11,14,22H,6-10H2,1-2H3,(H,24,25). The van der Waals surface area contributed by atoms with E-state index in [1.54, 1.807) is 11.3 Å². The molecule has 2 fully saturated rings. The molecule has 0 atom stereocenters. The van der Waals surface area contributed by atoms with E-state index in [1.165, 1.54) is 0 Å². The molecule has 2 aromatic heterocycles. The van der Waals surface area contributed by atoms with Crippen LogP contribution in [0.15, 0.2) is 28.1 Å². The highest BCUT2D eigenvalue weighted by Crippen LogP contribution is 2.44. The first-order valence-electron chi connectivity index (χ1n) is 9.59. The fraction of sp³-hybridized carbons (Fsp3) is 0.429. The number of fused-ring (bicyclic) bond motifs is 1. The first-order chi connectivity index (χ1) is 13.5. The molecule has 0 radical (unpaired) electrons. The maximum absolute atomic E-state index is 12.9. The summed E-state index contributed by atoms with van der Waals surface area (Å²) in [6.45, 7) is 6.44. The zero-order valence-electron chi connectivity index (χ0n) is 16.0. The number of aromatic nitrogens is 1. The average Bonchev–Trinajstić information content (AvgIpc) is 3.15. The molecule has 146 valence electrons. The Labute approximate surface area is 167 Å². The van der Waals surface area contributed by atoms with E-state index < -0.39 is 0 Å². The SMILES string of the molecule is Cc1ncsc1COc1ccc2oc(C)c(C(=O)NC3CC4(CNC4)C3)c2c1. The van der Waals surface area contributed by atoms with Crippen LogP contribution >= 0.6 is 11.3 Å². The number of thiazole rings is 1. The number of hydrogen-bond acceptors (Lipinski definition) is 6. The number of carbonyl (C=O) groups is 1. The van der Waals surface area contributed by atoms with Gasteiger partial charge in [-0.3, -0.25) is 4.79 Å². The zero-order chi connectivity index (χ0) is 19.3. The van der Waals surface area contributed by atoms with Crippen molar-refractivity contribution in [1.82, 2.24) is 15.6 Å². The van der Waals surface area contributed by atoms with Crippen LogP contribution in [0.4, 0.5) is 0 Å². The van der Waals surface area contributed by atoms with Crippen molar-refractivity contribution in [3.63, 3.8) is 0 Å². The average molecular weight is 398 g/mol. The Morgan fingerprint density at radius 3 is 2.89 bits per heavy atom. The lowest BCUT2D eigenvalue weighted by molar-refractivity contribution is 0.0232. The molecule has 1 aromatic carbocycles. The largest absolute Gasteiger partial charge is 0.488 e. The van der Waals surface area contributed by atoms with Crippen molar-refractivity contribution in [2.45, 2.75) is 39.3 Å². The molecule has 7 heteroatoms. The van der Waals surface area contributed by atoms with Gasteiger partial charge in [0.1, 0.15) is 23.7 Å². The highest BCUT2D eigenvalue weighted by molar-refractivity contribution is 7.09. The van der Waals surface area contributed by atoms with Gasteiger partial charge >= 0.3 is 0 Å². The number of nitrogens with one attached hydrogen (secondary N) is 2. The molecular weight excluding hydrogens is 374 g/mol. The third-order valence-corrected chi connectivity index (χ3v) is 6.88. The minimum Gasteiger partial charge on any atom is -0.488 e. The Morgan fingerprint density at radius 1 is 1.39 bits per heavy atom. The predicted molar refractivity (Wildman–Crippen MR) is 108 cm³/mol. The number of hydrogen-bond donors (Lipinski definition) is 2. The first-order valence-corrected chi connectivity index (χ1v) is 10.5. The lowest BCUT2D eigenvalue weighted by Gasteiger charge is -2.54. The van der Waals surface area contributed by atoms with Crippen LogP contribution in [0.2, 0.25) is 0 Å². The van der Waals surface area contributed by atoms with E-state index in [1.807, 2.05) is 37.6 Å². The maximum atomic E-state index is 12.9. The van der Waals surface area contributed by atoms with Gasteiger partial charge in [0, 0.05) is 24.5 Å². The number of rotatable bonds is 5. The molecule has 6 nitrogen and oxygen atoms in total. The lowest BCUT2D eigenvalue weighted by Crippen LogP contribution is -2.65. The van der Waals surface area contributed by atoms with E-state index >= 15 is 0 Å². The quantitative estimate of drug-likeness (QED) is 0.688. The van der Waals surface area contributed by atoms with Gasteiger partial charge in [-0.25, -0.2) is 4.98 Å². The van der Waals surface area contributed by atoms with Crippen LogP contribution in [-0.2, 0) is 6.61 Å². The molecule has 0 bridgehead atoms. The number of amides is 1. The number of ether oxygens (including phenoxy) is 1. The first kappa shape index (κ1) is 17.7. The van der Waals surface area contributed by atoms with Gasteiger partial charge in [-0.05, 0) is 50.3 Å². The smallest absolute Gasteiger partial charge is 0.255 e. The van der Waals surface area contributed by atoms with Gasteiger partial charge in [0.15, 0.2) is 0 Å². The van der Waals surface area contributed by atoms with Crippen molar-refractivity contribution in [2.75, 3.05) is 13.1 Å². The van der Waals surface area contributed by atoms with Crippen molar-refractivity contribution in [2.24, 2.45) is 5.41 Å². The van der Waals surface area contributed by atoms with Gasteiger partial charge in [0.25, 0.3) is 5.91 Å². The van der Waals surface area contributed by atoms with Gasteiger partial charge in [-0.2, -0.15) is 0 Å². The second-order valence-corrected chi connectivity index (χ2v) is 8.96. The predicted octanol–water partition coefficient (Wildman–Crippen LogP) is 3.57. The van der Waals surface area contributed by atoms with Crippen molar-refractivity contribution < 1.29 is 13.9 Å². The van der Waals surface area contributed by atoms with Gasteiger partial charge in [0.2, 0.25) is 0 Å². The summed E-state index contributed by atoms with van der Waals surface area (Å²) in [6.07, 6.45) is 2.12. The van der Waals surface area contributed by atoms with Crippen molar-refractivity contribution in [3.8, 4) is 5.75 Å². The Bertz CT molecular complexity index is 1040. The van der Waals surface area contributed by atoms with Crippen LogP contribution in [0.25, 0.3) is 11.0 Å². The summed E-state index contributed by atoms with van der Waals surface area (Å²) in [7, 11) is 0. The summed E-state index contributed by atoms with van der Waals surface area (Å²) in [5, 5.41) is 7.31. The maximum Gasteiger partial charge on any atom is 0.255 e. The number of aryl methyl sites for hydroxylation is 2. The Balaban J connectivity index is 1.33. The molecule has 5 rings (SSSR count). The summed E-state index contributed by atoms with van der Waals surface area (Å²) in [5.74, 6) is 1.31. The van der Waals surface area contributed by atoms with Crippen molar-refractivity contribution >= 4 is 28.2 Å². The Hall–Kier alpha value is -2.38. The topological polar surface area (TPSA) is 76.4 Å². The third-order valence-electron chi connectivity index (χ3n) is 5.97. The molecule has 28 heavy (non-hydrogen) atoms. The molecule has 1 amide bonds. The van der Waals surface area contributed by atoms with Crippen LogP contribution in [0.5, 0.6) is 5.75 Å². The van der Waals surface area contributed by atoms with E-state index in [-0.39, 0.29) is 11.9 Å². The van der Waals surface area contributed by atoms with Gasteiger partial charge in [-0.15, -0.1) is 11.3 Å². The Kier molecular flexibility index (Phi) is 4.17. The number of nitrogens with zero attached hydrogens (tertiary/aromatic N) is 1. The minimum absolute atomic E-state index is 0.0566. The second kappa shape index (κ2) is 6.60. The molecule has 1 aliphatic heterocycles. The summed E-state index contributed by atoms with van der Waals surface area (Å²) >= 11 is 1.58. The van der Waals surface area contributed by atoms with Crippen LogP contribution in [0.1, 0.15) is 39.5 Å². The molecule has 1 saturated carbocycles. The van der Waals surface area contributed by atoms with E-state index in [0.717, 1.165) is 47.6 Å². The molecular formula is C21H23N3O3S. The molecule has 3 aromatic rings.